The standard InChI is InChI=1S/C13H13N3O2/c1-9-3-4-11(8-15-9)16-12-7-10(5-6-14-12)13(17)18-2/h3-8H,1-2H3,(H,14,16). The van der Waals surface area contributed by atoms with Gasteiger partial charge in [-0.3, -0.25) is 4.98 Å². The molecule has 0 unspecified atom stereocenters. The number of ether oxygens (including phenoxy) is 1. The van der Waals surface area contributed by atoms with Crippen molar-refractivity contribution in [2.75, 3.05) is 12.4 Å². The Morgan fingerprint density at radius 2 is 2.11 bits per heavy atom. The molecule has 0 aromatic carbocycles. The van der Waals surface area contributed by atoms with E-state index in [0.29, 0.717) is 11.4 Å². The van der Waals surface area contributed by atoms with Crippen molar-refractivity contribution in [1.82, 2.24) is 9.97 Å². The number of carbonyl (C=O) groups excluding carboxylic acids is 1. The predicted molar refractivity (Wildman–Crippen MR) is 67.8 cm³/mol. The molecule has 2 heterocycles. The van der Waals surface area contributed by atoms with Crippen LogP contribution in [-0.2, 0) is 4.74 Å². The zero-order valence-corrected chi connectivity index (χ0v) is 10.2. The van der Waals surface area contributed by atoms with Gasteiger partial charge in [0.25, 0.3) is 0 Å². The van der Waals surface area contributed by atoms with Crippen molar-refractivity contribution in [2.24, 2.45) is 0 Å². The highest BCUT2D eigenvalue weighted by Crippen LogP contribution is 2.15. The highest BCUT2D eigenvalue weighted by Gasteiger charge is 2.06. The van der Waals surface area contributed by atoms with Gasteiger partial charge in [-0.15, -0.1) is 0 Å². The van der Waals surface area contributed by atoms with Gasteiger partial charge in [0, 0.05) is 11.9 Å². The third-order valence-electron chi connectivity index (χ3n) is 2.36. The molecule has 0 saturated heterocycles. The Morgan fingerprint density at radius 1 is 1.28 bits per heavy atom. The van der Waals surface area contributed by atoms with Crippen LogP contribution in [0.25, 0.3) is 0 Å². The molecule has 0 amide bonds. The van der Waals surface area contributed by atoms with Crippen molar-refractivity contribution in [3.8, 4) is 0 Å². The molecule has 2 rings (SSSR count). The Kier molecular flexibility index (Phi) is 3.52. The summed E-state index contributed by atoms with van der Waals surface area (Å²) in [7, 11) is 1.35. The van der Waals surface area contributed by atoms with Gasteiger partial charge in [0.2, 0.25) is 0 Å². The summed E-state index contributed by atoms with van der Waals surface area (Å²) in [5, 5.41) is 3.07. The van der Waals surface area contributed by atoms with Crippen molar-refractivity contribution in [1.29, 1.82) is 0 Å². The predicted octanol–water partition coefficient (Wildman–Crippen LogP) is 2.32. The normalized spacial score (nSPS) is 9.89. The number of rotatable bonds is 3. The number of nitrogens with one attached hydrogen (secondary N) is 1. The molecule has 0 aliphatic rings. The first-order valence-electron chi connectivity index (χ1n) is 5.43. The van der Waals surface area contributed by atoms with Crippen molar-refractivity contribution >= 4 is 17.5 Å². The summed E-state index contributed by atoms with van der Waals surface area (Å²) < 4.78 is 4.65. The lowest BCUT2D eigenvalue weighted by Crippen LogP contribution is -2.03. The maximum atomic E-state index is 11.4. The van der Waals surface area contributed by atoms with E-state index in [1.807, 2.05) is 19.1 Å². The second kappa shape index (κ2) is 5.27. The van der Waals surface area contributed by atoms with Crippen LogP contribution < -0.4 is 5.32 Å². The van der Waals surface area contributed by atoms with Gasteiger partial charge >= 0.3 is 5.97 Å². The second-order valence-electron chi connectivity index (χ2n) is 3.73. The molecule has 92 valence electrons. The fourth-order valence-corrected chi connectivity index (χ4v) is 1.43. The number of pyridine rings is 2. The largest absolute Gasteiger partial charge is 0.465 e. The third-order valence-corrected chi connectivity index (χ3v) is 2.36. The number of carbonyl (C=O) groups is 1. The van der Waals surface area contributed by atoms with Crippen molar-refractivity contribution in [3.05, 3.63) is 47.9 Å². The first-order valence-corrected chi connectivity index (χ1v) is 5.43. The minimum Gasteiger partial charge on any atom is -0.465 e. The summed E-state index contributed by atoms with van der Waals surface area (Å²) in [6.07, 6.45) is 3.26. The number of methoxy groups -OCH3 is 1. The summed E-state index contributed by atoms with van der Waals surface area (Å²) >= 11 is 0. The number of aromatic nitrogens is 2. The van der Waals surface area contributed by atoms with Crippen LogP contribution in [0.1, 0.15) is 16.1 Å². The van der Waals surface area contributed by atoms with E-state index in [0.717, 1.165) is 11.4 Å². The van der Waals surface area contributed by atoms with Crippen molar-refractivity contribution in [3.63, 3.8) is 0 Å². The second-order valence-corrected chi connectivity index (χ2v) is 3.73. The maximum absolute atomic E-state index is 11.4. The van der Waals surface area contributed by atoms with E-state index in [2.05, 4.69) is 20.0 Å². The van der Waals surface area contributed by atoms with E-state index < -0.39 is 0 Å². The first-order chi connectivity index (χ1) is 8.69. The number of hydrogen-bond acceptors (Lipinski definition) is 5. The van der Waals surface area contributed by atoms with E-state index in [4.69, 9.17) is 0 Å². The zero-order valence-electron chi connectivity index (χ0n) is 10.2. The highest BCUT2D eigenvalue weighted by molar-refractivity contribution is 5.90. The Bertz CT molecular complexity index is 552. The number of aryl methyl sites for hydroxylation is 1. The molecule has 0 atom stereocenters. The summed E-state index contributed by atoms with van der Waals surface area (Å²) in [5.74, 6) is 0.186. The number of hydrogen-bond donors (Lipinski definition) is 1. The molecular formula is C13H13N3O2. The molecule has 18 heavy (non-hydrogen) atoms. The molecule has 0 bridgehead atoms. The molecular weight excluding hydrogens is 230 g/mol. The van der Waals surface area contributed by atoms with E-state index in [-0.39, 0.29) is 5.97 Å². The maximum Gasteiger partial charge on any atom is 0.338 e. The monoisotopic (exact) mass is 243 g/mol. The number of anilines is 2. The van der Waals surface area contributed by atoms with E-state index >= 15 is 0 Å². The van der Waals surface area contributed by atoms with Crippen molar-refractivity contribution in [2.45, 2.75) is 6.92 Å². The van der Waals surface area contributed by atoms with E-state index in [1.165, 1.54) is 7.11 Å². The molecule has 0 saturated carbocycles. The minimum absolute atomic E-state index is 0.387. The third kappa shape index (κ3) is 2.82. The molecule has 5 nitrogen and oxygen atoms in total. The van der Waals surface area contributed by atoms with Crippen LogP contribution in [0.5, 0.6) is 0 Å². The van der Waals surface area contributed by atoms with Gasteiger partial charge < -0.3 is 10.1 Å². The van der Waals surface area contributed by atoms with Crippen LogP contribution in [-0.4, -0.2) is 23.0 Å². The molecule has 0 spiro atoms. The molecule has 0 radical (unpaired) electrons. The van der Waals surface area contributed by atoms with Crippen LogP contribution in [0.3, 0.4) is 0 Å². The lowest BCUT2D eigenvalue weighted by molar-refractivity contribution is 0.0600. The van der Waals surface area contributed by atoms with Gasteiger partial charge in [-0.25, -0.2) is 9.78 Å². The van der Waals surface area contributed by atoms with Crippen LogP contribution >= 0.6 is 0 Å². The van der Waals surface area contributed by atoms with Crippen LogP contribution in [0.4, 0.5) is 11.5 Å². The van der Waals surface area contributed by atoms with Crippen LogP contribution in [0.15, 0.2) is 36.7 Å². The average molecular weight is 243 g/mol. The molecule has 0 fully saturated rings. The lowest BCUT2D eigenvalue weighted by atomic mass is 10.2. The number of nitrogens with zero attached hydrogens (tertiary/aromatic N) is 2. The Hall–Kier alpha value is -2.43. The van der Waals surface area contributed by atoms with Gasteiger partial charge in [0.1, 0.15) is 5.82 Å². The van der Waals surface area contributed by atoms with Gasteiger partial charge in [-0.05, 0) is 31.2 Å². The molecule has 2 aromatic rings. The molecule has 5 heteroatoms. The Balaban J connectivity index is 2.19. The van der Waals surface area contributed by atoms with Crippen LogP contribution in [0, 0.1) is 6.92 Å². The molecule has 2 aromatic heterocycles. The Labute approximate surface area is 105 Å². The topological polar surface area (TPSA) is 64.1 Å². The molecule has 1 N–H and O–H groups in total. The molecule has 0 aliphatic heterocycles. The van der Waals surface area contributed by atoms with E-state index in [1.54, 1.807) is 24.5 Å². The van der Waals surface area contributed by atoms with Gasteiger partial charge in [-0.2, -0.15) is 0 Å². The average Bonchev–Trinajstić information content (AvgIpc) is 2.41. The summed E-state index contributed by atoms with van der Waals surface area (Å²) in [4.78, 5) is 19.7. The highest BCUT2D eigenvalue weighted by atomic mass is 16.5. The SMILES string of the molecule is COC(=O)c1ccnc(Nc2ccc(C)nc2)c1. The quantitative estimate of drug-likeness (QED) is 0.838. The van der Waals surface area contributed by atoms with E-state index in [9.17, 15) is 4.79 Å². The first kappa shape index (κ1) is 12.0. The van der Waals surface area contributed by atoms with Gasteiger partial charge in [0.05, 0.1) is 24.6 Å². The fourth-order valence-electron chi connectivity index (χ4n) is 1.43. The Morgan fingerprint density at radius 3 is 2.78 bits per heavy atom. The van der Waals surface area contributed by atoms with Crippen LogP contribution in [0.2, 0.25) is 0 Å². The van der Waals surface area contributed by atoms with Gasteiger partial charge in [-0.1, -0.05) is 0 Å². The minimum atomic E-state index is -0.387. The summed E-state index contributed by atoms with van der Waals surface area (Å²) in [6.45, 7) is 1.92. The summed E-state index contributed by atoms with van der Waals surface area (Å²) in [6, 6.07) is 7.03. The zero-order chi connectivity index (χ0) is 13.0. The smallest absolute Gasteiger partial charge is 0.338 e. The van der Waals surface area contributed by atoms with Crippen molar-refractivity contribution < 1.29 is 9.53 Å². The summed E-state index contributed by atoms with van der Waals surface area (Å²) in [5.41, 5.74) is 2.21. The van der Waals surface area contributed by atoms with Gasteiger partial charge in [0.15, 0.2) is 0 Å². The molecule has 0 aliphatic carbocycles. The fraction of sp³-hybridized carbons (Fsp3) is 0.154. The number of esters is 1. The lowest BCUT2D eigenvalue weighted by Gasteiger charge is -2.06.